The second kappa shape index (κ2) is 7.15. The number of pyridine rings is 1. The van der Waals surface area contributed by atoms with E-state index >= 15 is 0 Å². The zero-order valence-electron chi connectivity index (χ0n) is 16.3. The van der Waals surface area contributed by atoms with Crippen molar-refractivity contribution in [3.8, 4) is 11.6 Å². The standard InChI is InChI=1S/C22H22N2O4S/c1-14-9-15(2)11-17(10-14)24-21(25)19-6-4-3-5-18(19)20(22(24)26)12-23-16-7-8-29(27,28)13-16/h3-6,9-12,16,26H,7-8,13H2,1-2H3/t16-/m0/s1. The highest BCUT2D eigenvalue weighted by molar-refractivity contribution is 7.91. The highest BCUT2D eigenvalue weighted by Crippen LogP contribution is 2.27. The molecule has 0 spiro atoms. The van der Waals surface area contributed by atoms with Crippen LogP contribution in [0.25, 0.3) is 16.5 Å². The van der Waals surface area contributed by atoms with E-state index in [2.05, 4.69) is 4.99 Å². The Morgan fingerprint density at radius 2 is 1.76 bits per heavy atom. The first-order valence-electron chi connectivity index (χ1n) is 9.44. The molecule has 3 aromatic rings. The molecule has 0 saturated carbocycles. The summed E-state index contributed by atoms with van der Waals surface area (Å²) >= 11 is 0. The number of aryl methyl sites for hydroxylation is 2. The van der Waals surface area contributed by atoms with Gasteiger partial charge < -0.3 is 5.11 Å². The summed E-state index contributed by atoms with van der Waals surface area (Å²) in [7, 11) is -3.05. The molecule has 0 bridgehead atoms. The molecule has 1 aromatic heterocycles. The zero-order chi connectivity index (χ0) is 20.8. The molecule has 1 N–H and O–H groups in total. The summed E-state index contributed by atoms with van der Waals surface area (Å²) in [6.07, 6.45) is 1.97. The van der Waals surface area contributed by atoms with Gasteiger partial charge in [0.15, 0.2) is 9.84 Å². The lowest BCUT2D eigenvalue weighted by Gasteiger charge is -2.15. The molecule has 7 heteroatoms. The molecule has 2 aromatic carbocycles. The van der Waals surface area contributed by atoms with E-state index in [0.717, 1.165) is 11.1 Å². The Labute approximate surface area is 169 Å². The molecule has 0 radical (unpaired) electrons. The number of fused-ring (bicyclic) bond motifs is 1. The van der Waals surface area contributed by atoms with Gasteiger partial charge in [-0.2, -0.15) is 0 Å². The molecular weight excluding hydrogens is 388 g/mol. The minimum Gasteiger partial charge on any atom is -0.494 e. The van der Waals surface area contributed by atoms with Crippen molar-refractivity contribution in [2.45, 2.75) is 26.3 Å². The molecule has 1 atom stereocenters. The predicted molar refractivity (Wildman–Crippen MR) is 115 cm³/mol. The van der Waals surface area contributed by atoms with Crippen molar-refractivity contribution in [3.05, 3.63) is 69.5 Å². The SMILES string of the molecule is Cc1cc(C)cc(-n2c(O)c(C=N[C@H]3CCS(=O)(=O)C3)c3ccccc3c2=O)c1. The average molecular weight is 410 g/mol. The Hall–Kier alpha value is -2.93. The molecule has 2 heterocycles. The lowest BCUT2D eigenvalue weighted by molar-refractivity contribution is 0.436. The van der Waals surface area contributed by atoms with Gasteiger partial charge >= 0.3 is 0 Å². The molecule has 4 rings (SSSR count). The fourth-order valence-electron chi connectivity index (χ4n) is 3.88. The van der Waals surface area contributed by atoms with Gasteiger partial charge in [0.2, 0.25) is 5.88 Å². The Balaban J connectivity index is 1.93. The number of sulfone groups is 1. The van der Waals surface area contributed by atoms with Crippen molar-refractivity contribution in [2.75, 3.05) is 11.5 Å². The largest absolute Gasteiger partial charge is 0.494 e. The van der Waals surface area contributed by atoms with E-state index in [4.69, 9.17) is 0 Å². The van der Waals surface area contributed by atoms with Crippen molar-refractivity contribution in [2.24, 2.45) is 4.99 Å². The Morgan fingerprint density at radius 3 is 2.38 bits per heavy atom. The third kappa shape index (κ3) is 3.70. The topological polar surface area (TPSA) is 88.7 Å². The van der Waals surface area contributed by atoms with Crippen LogP contribution in [0.1, 0.15) is 23.1 Å². The number of aliphatic imine (C=N–C) groups is 1. The number of nitrogens with zero attached hydrogens (tertiary/aromatic N) is 2. The first-order chi connectivity index (χ1) is 13.7. The summed E-state index contributed by atoms with van der Waals surface area (Å²) in [6, 6.07) is 12.4. The van der Waals surface area contributed by atoms with Gasteiger partial charge in [0.1, 0.15) is 0 Å². The van der Waals surface area contributed by atoms with Gasteiger partial charge in [-0.25, -0.2) is 13.0 Å². The average Bonchev–Trinajstić information content (AvgIpc) is 3.00. The predicted octanol–water partition coefficient (Wildman–Crippen LogP) is 2.92. The smallest absolute Gasteiger partial charge is 0.265 e. The number of hydrogen-bond acceptors (Lipinski definition) is 5. The van der Waals surface area contributed by atoms with Gasteiger partial charge in [0.05, 0.1) is 28.8 Å². The fourth-order valence-corrected chi connectivity index (χ4v) is 5.52. The van der Waals surface area contributed by atoms with E-state index in [-0.39, 0.29) is 29.0 Å². The number of aromatic nitrogens is 1. The molecule has 0 aliphatic carbocycles. The van der Waals surface area contributed by atoms with Crippen LogP contribution in [0.2, 0.25) is 0 Å². The first-order valence-corrected chi connectivity index (χ1v) is 11.3. The van der Waals surface area contributed by atoms with Gasteiger partial charge in [0.25, 0.3) is 5.56 Å². The molecule has 1 saturated heterocycles. The highest BCUT2D eigenvalue weighted by atomic mass is 32.2. The number of benzene rings is 2. The van der Waals surface area contributed by atoms with Crippen LogP contribution in [0.4, 0.5) is 0 Å². The van der Waals surface area contributed by atoms with E-state index in [1.54, 1.807) is 24.3 Å². The van der Waals surface area contributed by atoms with Crippen LogP contribution in [0.15, 0.2) is 52.3 Å². The molecule has 1 aliphatic rings. The van der Waals surface area contributed by atoms with Gasteiger partial charge in [-0.1, -0.05) is 24.3 Å². The summed E-state index contributed by atoms with van der Waals surface area (Å²) < 4.78 is 24.7. The van der Waals surface area contributed by atoms with E-state index in [9.17, 15) is 18.3 Å². The Kier molecular flexibility index (Phi) is 4.78. The second-order valence-electron chi connectivity index (χ2n) is 7.60. The summed E-state index contributed by atoms with van der Waals surface area (Å²) in [5.74, 6) is -0.0637. The Morgan fingerprint density at radius 1 is 1.10 bits per heavy atom. The van der Waals surface area contributed by atoms with Crippen LogP contribution < -0.4 is 5.56 Å². The van der Waals surface area contributed by atoms with Crippen molar-refractivity contribution in [3.63, 3.8) is 0 Å². The van der Waals surface area contributed by atoms with E-state index < -0.39 is 9.84 Å². The highest BCUT2D eigenvalue weighted by Gasteiger charge is 2.27. The molecule has 1 aliphatic heterocycles. The maximum atomic E-state index is 13.1. The van der Waals surface area contributed by atoms with Gasteiger partial charge in [-0.05, 0) is 49.6 Å². The lowest BCUT2D eigenvalue weighted by atomic mass is 10.1. The third-order valence-corrected chi connectivity index (χ3v) is 6.94. The van der Waals surface area contributed by atoms with Crippen LogP contribution >= 0.6 is 0 Å². The number of aromatic hydroxyl groups is 1. The molecule has 1 fully saturated rings. The maximum absolute atomic E-state index is 13.1. The third-order valence-electron chi connectivity index (χ3n) is 5.19. The summed E-state index contributed by atoms with van der Waals surface area (Å²) in [4.78, 5) is 17.6. The van der Waals surface area contributed by atoms with Crippen molar-refractivity contribution in [1.29, 1.82) is 0 Å². The summed E-state index contributed by atoms with van der Waals surface area (Å²) in [5.41, 5.74) is 2.62. The van der Waals surface area contributed by atoms with Gasteiger partial charge in [0, 0.05) is 17.0 Å². The van der Waals surface area contributed by atoms with Crippen LogP contribution in [-0.4, -0.2) is 41.9 Å². The number of hydrogen-bond donors (Lipinski definition) is 1. The van der Waals surface area contributed by atoms with E-state index in [1.165, 1.54) is 10.8 Å². The first kappa shape index (κ1) is 19.4. The van der Waals surface area contributed by atoms with E-state index in [0.29, 0.717) is 28.4 Å². The molecule has 0 amide bonds. The molecule has 0 unspecified atom stereocenters. The molecule has 150 valence electrons. The minimum atomic E-state index is -3.05. The summed E-state index contributed by atoms with van der Waals surface area (Å²) in [6.45, 7) is 3.87. The quantitative estimate of drug-likeness (QED) is 0.673. The molecule has 29 heavy (non-hydrogen) atoms. The van der Waals surface area contributed by atoms with Crippen molar-refractivity contribution in [1.82, 2.24) is 4.57 Å². The number of rotatable bonds is 3. The zero-order valence-corrected chi connectivity index (χ0v) is 17.1. The molecular formula is C22H22N2O4S. The molecule has 6 nitrogen and oxygen atoms in total. The van der Waals surface area contributed by atoms with Crippen LogP contribution in [0.3, 0.4) is 0 Å². The van der Waals surface area contributed by atoms with Crippen LogP contribution in [0.5, 0.6) is 5.88 Å². The van der Waals surface area contributed by atoms with Crippen LogP contribution in [0, 0.1) is 13.8 Å². The van der Waals surface area contributed by atoms with Gasteiger partial charge in [-0.15, -0.1) is 0 Å². The van der Waals surface area contributed by atoms with Crippen molar-refractivity contribution < 1.29 is 13.5 Å². The monoisotopic (exact) mass is 410 g/mol. The normalized spacial score (nSPS) is 18.6. The van der Waals surface area contributed by atoms with Crippen LogP contribution in [-0.2, 0) is 9.84 Å². The maximum Gasteiger partial charge on any atom is 0.265 e. The minimum absolute atomic E-state index is 0.0128. The fraction of sp³-hybridized carbons (Fsp3) is 0.273. The van der Waals surface area contributed by atoms with Crippen molar-refractivity contribution >= 4 is 26.8 Å². The Bertz CT molecular complexity index is 1290. The summed E-state index contributed by atoms with van der Waals surface area (Å²) in [5, 5.41) is 12.1. The van der Waals surface area contributed by atoms with Gasteiger partial charge in [-0.3, -0.25) is 9.79 Å². The second-order valence-corrected chi connectivity index (χ2v) is 9.83. The lowest BCUT2D eigenvalue weighted by Crippen LogP contribution is -2.20. The van der Waals surface area contributed by atoms with E-state index in [1.807, 2.05) is 32.0 Å².